The third kappa shape index (κ3) is 15.1. The van der Waals surface area contributed by atoms with E-state index in [1.54, 1.807) is 0 Å². The largest absolute Gasteiger partial charge is 0.440 e. The molecule has 0 aliphatic heterocycles. The van der Waals surface area contributed by atoms with E-state index in [1.165, 1.54) is 0 Å². The smallest absolute Gasteiger partial charge is 0.310 e. The minimum Gasteiger partial charge on any atom is -0.440 e. The van der Waals surface area contributed by atoms with Crippen molar-refractivity contribution in [1.82, 2.24) is 0 Å². The van der Waals surface area contributed by atoms with Gasteiger partial charge in [-0.05, 0) is 39.3 Å². The van der Waals surface area contributed by atoms with Gasteiger partial charge in [-0.1, -0.05) is 22.3 Å². The third-order valence-corrected chi connectivity index (χ3v) is 9.35. The molecular weight excluding hydrogens is 224 g/mol. The Balaban J connectivity index is -0.000000167. The standard InChI is InChI=1S/C6H20O2Si3.3CH4/c1-9(2)7-11(5,6)8-10(3)4;;;/h9-10H,1-6H3;3*1H4. The highest BCUT2D eigenvalue weighted by Gasteiger charge is 2.26. The van der Waals surface area contributed by atoms with Crippen LogP contribution in [0.15, 0.2) is 0 Å². The highest BCUT2D eigenvalue weighted by molar-refractivity contribution is 6.78. The Labute approximate surface area is 96.7 Å². The average Bonchev–Trinajstić information content (AvgIpc) is 1.53. The molecule has 14 heavy (non-hydrogen) atoms. The number of hydrogen-bond acceptors (Lipinski definition) is 2. The van der Waals surface area contributed by atoms with E-state index < -0.39 is 26.6 Å². The molecule has 0 aromatic carbocycles. The first-order valence-electron chi connectivity index (χ1n) is 4.19. The van der Waals surface area contributed by atoms with Gasteiger partial charge >= 0.3 is 8.56 Å². The van der Waals surface area contributed by atoms with Gasteiger partial charge in [-0.2, -0.15) is 0 Å². The Morgan fingerprint density at radius 3 is 1.07 bits per heavy atom. The Kier molecular flexibility index (Phi) is 17.3. The quantitative estimate of drug-likeness (QED) is 0.716. The molecule has 0 heterocycles. The minimum atomic E-state index is -1.71. The summed E-state index contributed by atoms with van der Waals surface area (Å²) in [6.07, 6.45) is 0. The molecule has 0 aliphatic rings. The fraction of sp³-hybridized carbons (Fsp3) is 1.00. The molecule has 0 fully saturated rings. The zero-order valence-corrected chi connectivity index (χ0v) is 11.8. The van der Waals surface area contributed by atoms with Gasteiger partial charge in [-0.15, -0.1) is 0 Å². The molecule has 0 unspecified atom stereocenters. The van der Waals surface area contributed by atoms with Crippen LogP contribution >= 0.6 is 0 Å². The monoisotopic (exact) mass is 256 g/mol. The van der Waals surface area contributed by atoms with Gasteiger partial charge in [0.2, 0.25) is 0 Å². The Bertz CT molecular complexity index is 105. The van der Waals surface area contributed by atoms with Crippen molar-refractivity contribution in [3.05, 3.63) is 0 Å². The number of hydrogen-bond donors (Lipinski definition) is 0. The summed E-state index contributed by atoms with van der Waals surface area (Å²) in [6.45, 7) is 13.1. The summed E-state index contributed by atoms with van der Waals surface area (Å²) in [5.41, 5.74) is 0. The second-order valence-electron chi connectivity index (χ2n) is 3.73. The fourth-order valence-corrected chi connectivity index (χ4v) is 11.0. The van der Waals surface area contributed by atoms with E-state index in [4.69, 9.17) is 8.23 Å². The first kappa shape index (κ1) is 24.0. The van der Waals surface area contributed by atoms with Crippen molar-refractivity contribution in [2.45, 2.75) is 61.6 Å². The van der Waals surface area contributed by atoms with E-state index in [1.807, 2.05) is 0 Å². The second-order valence-corrected chi connectivity index (χ2v) is 12.6. The van der Waals surface area contributed by atoms with E-state index in [2.05, 4.69) is 39.3 Å². The van der Waals surface area contributed by atoms with Crippen LogP contribution < -0.4 is 0 Å². The van der Waals surface area contributed by atoms with Crippen molar-refractivity contribution in [2.75, 3.05) is 0 Å². The van der Waals surface area contributed by atoms with Gasteiger partial charge in [0.15, 0.2) is 18.1 Å². The van der Waals surface area contributed by atoms with Crippen LogP contribution in [0.4, 0.5) is 0 Å². The zero-order chi connectivity index (χ0) is 9.07. The van der Waals surface area contributed by atoms with Crippen LogP contribution in [0.25, 0.3) is 0 Å². The maximum Gasteiger partial charge on any atom is 0.310 e. The van der Waals surface area contributed by atoms with Gasteiger partial charge in [-0.25, -0.2) is 0 Å². The predicted octanol–water partition coefficient (Wildman–Crippen LogP) is 3.60. The molecule has 5 heteroatoms. The average molecular weight is 257 g/mol. The molecule has 0 bridgehead atoms. The lowest BCUT2D eigenvalue weighted by atomic mass is 11.9. The van der Waals surface area contributed by atoms with Gasteiger partial charge in [0.05, 0.1) is 0 Å². The Morgan fingerprint density at radius 1 is 0.714 bits per heavy atom. The summed E-state index contributed by atoms with van der Waals surface area (Å²) in [4.78, 5) is 0. The van der Waals surface area contributed by atoms with Gasteiger partial charge in [-0.3, -0.25) is 0 Å². The van der Waals surface area contributed by atoms with Crippen LogP contribution in [0, 0.1) is 0 Å². The Hall–Kier alpha value is 0.571. The lowest BCUT2D eigenvalue weighted by molar-refractivity contribution is 0.415. The van der Waals surface area contributed by atoms with Crippen molar-refractivity contribution in [1.29, 1.82) is 0 Å². The molecule has 0 aliphatic carbocycles. The molecule has 0 saturated carbocycles. The first-order valence-corrected chi connectivity index (χ1v) is 12.6. The van der Waals surface area contributed by atoms with Gasteiger partial charge in [0.1, 0.15) is 0 Å². The highest BCUT2D eigenvalue weighted by atomic mass is 28.5. The lowest BCUT2D eigenvalue weighted by Gasteiger charge is -2.27. The summed E-state index contributed by atoms with van der Waals surface area (Å²) in [5.74, 6) is 0. The highest BCUT2D eigenvalue weighted by Crippen LogP contribution is 2.09. The van der Waals surface area contributed by atoms with Crippen LogP contribution in [0.2, 0.25) is 39.3 Å². The van der Waals surface area contributed by atoms with Crippen LogP contribution in [0.3, 0.4) is 0 Å². The molecule has 0 aromatic heterocycles. The summed E-state index contributed by atoms with van der Waals surface area (Å²) in [5, 5.41) is 0. The molecule has 0 radical (unpaired) electrons. The topological polar surface area (TPSA) is 18.5 Å². The third-order valence-electron chi connectivity index (χ3n) is 1.04. The molecule has 92 valence electrons. The lowest BCUT2D eigenvalue weighted by Crippen LogP contribution is -2.42. The molecule has 0 saturated heterocycles. The van der Waals surface area contributed by atoms with Crippen molar-refractivity contribution >= 4 is 26.6 Å². The molecule has 0 N–H and O–H groups in total. The molecule has 0 atom stereocenters. The Morgan fingerprint density at radius 2 is 0.929 bits per heavy atom. The summed E-state index contributed by atoms with van der Waals surface area (Å²) < 4.78 is 11.7. The fourth-order valence-electron chi connectivity index (χ4n) is 1.16. The van der Waals surface area contributed by atoms with Crippen LogP contribution in [-0.2, 0) is 8.23 Å². The maximum atomic E-state index is 5.84. The zero-order valence-electron chi connectivity index (χ0n) is 8.47. The molecule has 0 spiro atoms. The van der Waals surface area contributed by atoms with Crippen LogP contribution in [0.1, 0.15) is 22.3 Å². The maximum absolute atomic E-state index is 5.84. The summed E-state index contributed by atoms with van der Waals surface area (Å²) in [6, 6.07) is 0. The van der Waals surface area contributed by atoms with E-state index in [-0.39, 0.29) is 22.3 Å². The number of rotatable bonds is 4. The van der Waals surface area contributed by atoms with Gasteiger partial charge < -0.3 is 8.23 Å². The predicted molar refractivity (Wildman–Crippen MR) is 77.6 cm³/mol. The second kappa shape index (κ2) is 10.1. The van der Waals surface area contributed by atoms with E-state index in [9.17, 15) is 0 Å². The molecule has 0 rings (SSSR count). The van der Waals surface area contributed by atoms with Crippen LogP contribution in [0.5, 0.6) is 0 Å². The van der Waals surface area contributed by atoms with Crippen molar-refractivity contribution < 1.29 is 8.23 Å². The van der Waals surface area contributed by atoms with Crippen molar-refractivity contribution in [2.24, 2.45) is 0 Å². The summed E-state index contributed by atoms with van der Waals surface area (Å²) in [7, 11) is -3.50. The van der Waals surface area contributed by atoms with E-state index in [0.717, 1.165) is 0 Å². The van der Waals surface area contributed by atoms with Crippen molar-refractivity contribution in [3.63, 3.8) is 0 Å². The van der Waals surface area contributed by atoms with E-state index in [0.29, 0.717) is 0 Å². The minimum absolute atomic E-state index is 0. The normalized spacial score (nSPS) is 10.3. The molecule has 0 aromatic rings. The van der Waals surface area contributed by atoms with Crippen molar-refractivity contribution in [3.8, 4) is 0 Å². The van der Waals surface area contributed by atoms with Crippen LogP contribution in [-0.4, -0.2) is 26.6 Å². The summed E-state index contributed by atoms with van der Waals surface area (Å²) >= 11 is 0. The molecule has 0 amide bonds. The first-order chi connectivity index (χ1) is 4.83. The SMILES string of the molecule is C.C.C.C[SiH](C)O[Si](C)(C)O[SiH](C)C. The molecular formula is C9H32O2Si3. The van der Waals surface area contributed by atoms with E-state index >= 15 is 0 Å². The van der Waals surface area contributed by atoms with Gasteiger partial charge in [0.25, 0.3) is 0 Å². The molecule has 2 nitrogen and oxygen atoms in total. The van der Waals surface area contributed by atoms with Gasteiger partial charge in [0, 0.05) is 0 Å².